The minimum atomic E-state index is 0. The van der Waals surface area contributed by atoms with E-state index in [0.29, 0.717) is 0 Å². The Hall–Kier alpha value is 0.714. The Kier molecular flexibility index (Phi) is 20.6. The maximum absolute atomic E-state index is 3.49. The Morgan fingerprint density at radius 1 is 1.75 bits per heavy atom. The van der Waals surface area contributed by atoms with Gasteiger partial charge in [-0.3, -0.25) is 0 Å². The third kappa shape index (κ3) is 15.6. The first-order valence-corrected chi connectivity index (χ1v) is 1.21. The summed E-state index contributed by atoms with van der Waals surface area (Å²) >= 11 is 0. The van der Waals surface area contributed by atoms with E-state index in [1.54, 1.807) is 0 Å². The van der Waals surface area contributed by atoms with Gasteiger partial charge in [0.15, 0.2) is 0 Å². The van der Waals surface area contributed by atoms with Crippen LogP contribution in [0.25, 0.3) is 0 Å². The zero-order valence-electron chi connectivity index (χ0n) is 2.91. The molecule has 0 rings (SSSR count). The van der Waals surface area contributed by atoms with Crippen LogP contribution in [-0.2, 0) is 21.7 Å². The van der Waals surface area contributed by atoms with Crippen LogP contribution in [0.1, 0.15) is 13.3 Å². The molecule has 4 heavy (non-hydrogen) atoms. The molecule has 0 aliphatic rings. The summed E-state index contributed by atoms with van der Waals surface area (Å²) in [5, 5.41) is 0. The minimum absolute atomic E-state index is 0. The van der Waals surface area contributed by atoms with E-state index in [-0.39, 0.29) is 21.7 Å². The van der Waals surface area contributed by atoms with Crippen molar-refractivity contribution in [1.29, 1.82) is 0 Å². The Balaban J connectivity index is 0. The molecule has 0 N–H and O–H groups in total. The Bertz CT molecular complexity index is 3.25. The molecule has 0 fully saturated rings. The topological polar surface area (TPSA) is 0 Å². The second kappa shape index (κ2) is 9.31. The van der Waals surface area contributed by atoms with Crippen molar-refractivity contribution < 1.29 is 21.7 Å². The third-order valence-electron chi connectivity index (χ3n) is 0. The van der Waals surface area contributed by atoms with Crippen molar-refractivity contribution >= 4 is 0 Å². The molecule has 0 spiro atoms. The summed E-state index contributed by atoms with van der Waals surface area (Å²) < 4.78 is 0. The van der Waals surface area contributed by atoms with Crippen LogP contribution in [0.15, 0.2) is 0 Å². The quantitative estimate of drug-likeness (QED) is 0.310. The summed E-state index contributed by atoms with van der Waals surface area (Å²) in [5.74, 6) is 0. The molecule has 0 nitrogen and oxygen atoms in total. The van der Waals surface area contributed by atoms with Crippen LogP contribution in [0.5, 0.6) is 0 Å². The normalized spacial score (nSPS) is 4.50. The Morgan fingerprint density at radius 3 is 1.75 bits per heavy atom. The molecule has 1 heteroatoms. The zero-order valence-corrected chi connectivity index (χ0v) is 4.48. The summed E-state index contributed by atoms with van der Waals surface area (Å²) in [7, 11) is 0. The van der Waals surface area contributed by atoms with Crippen LogP contribution in [0.2, 0.25) is 0 Å². The second-order valence-electron chi connectivity index (χ2n) is 0.500. The van der Waals surface area contributed by atoms with Crippen molar-refractivity contribution in [3.8, 4) is 0 Å². The van der Waals surface area contributed by atoms with E-state index in [1.807, 2.05) is 6.92 Å². The van der Waals surface area contributed by atoms with Crippen LogP contribution in [0, 0.1) is 6.92 Å². The second-order valence-corrected chi connectivity index (χ2v) is 0.500. The third-order valence-corrected chi connectivity index (χ3v) is 0. The first kappa shape index (κ1) is 8.83. The van der Waals surface area contributed by atoms with Gasteiger partial charge in [0.2, 0.25) is 0 Å². The molecular formula is C3H7Ti+. The van der Waals surface area contributed by atoms with E-state index in [0.717, 1.165) is 6.42 Å². The molecule has 0 atom stereocenters. The number of rotatable bonds is 0. The van der Waals surface area contributed by atoms with Gasteiger partial charge < -0.3 is 6.92 Å². The van der Waals surface area contributed by atoms with E-state index in [9.17, 15) is 0 Å². The molecule has 0 saturated heterocycles. The fourth-order valence-electron chi connectivity index (χ4n) is 0. The average Bonchev–Trinajstić information content (AvgIpc) is 0.918. The van der Waals surface area contributed by atoms with Crippen LogP contribution in [-0.4, -0.2) is 0 Å². The minimum Gasteiger partial charge on any atom is -0.344 e. The molecule has 22 valence electrons. The molecule has 0 heterocycles. The fourth-order valence-corrected chi connectivity index (χ4v) is 0. The van der Waals surface area contributed by atoms with Crippen molar-refractivity contribution in [2.75, 3.05) is 0 Å². The molecule has 0 unspecified atom stereocenters. The molecule has 0 aromatic carbocycles. The molecule has 0 bridgehead atoms. The number of hydrogen-bond donors (Lipinski definition) is 0. The van der Waals surface area contributed by atoms with Crippen molar-refractivity contribution in [2.45, 2.75) is 13.3 Å². The van der Waals surface area contributed by atoms with Gasteiger partial charge in [0.1, 0.15) is 0 Å². The summed E-state index contributed by atoms with van der Waals surface area (Å²) in [6, 6.07) is 0. The molecule has 0 saturated carbocycles. The largest absolute Gasteiger partial charge is 2.00 e. The first-order valence-electron chi connectivity index (χ1n) is 1.21. The van der Waals surface area contributed by atoms with E-state index < -0.39 is 0 Å². The van der Waals surface area contributed by atoms with Crippen LogP contribution < -0.4 is 0 Å². The fraction of sp³-hybridized carbons (Fsp3) is 0.667. The van der Waals surface area contributed by atoms with Gasteiger partial charge in [-0.25, -0.2) is 0 Å². The van der Waals surface area contributed by atoms with Crippen molar-refractivity contribution in [1.82, 2.24) is 0 Å². The molecule has 0 aliphatic heterocycles. The van der Waals surface area contributed by atoms with E-state index in [1.165, 1.54) is 0 Å². The SMILES string of the molecule is [CH2-]CC.[Ti+2]. The predicted octanol–water partition coefficient (Wildman–Crippen LogP) is 1.23. The van der Waals surface area contributed by atoms with Crippen molar-refractivity contribution in [2.24, 2.45) is 0 Å². The smallest absolute Gasteiger partial charge is 0.344 e. The van der Waals surface area contributed by atoms with E-state index in [4.69, 9.17) is 0 Å². The van der Waals surface area contributed by atoms with Crippen LogP contribution >= 0.6 is 0 Å². The van der Waals surface area contributed by atoms with Gasteiger partial charge in [-0.2, -0.15) is 6.42 Å². The van der Waals surface area contributed by atoms with Gasteiger partial charge in [-0.05, 0) is 0 Å². The summed E-state index contributed by atoms with van der Waals surface area (Å²) in [6.07, 6.45) is 1.00. The summed E-state index contributed by atoms with van der Waals surface area (Å²) in [4.78, 5) is 0. The van der Waals surface area contributed by atoms with Gasteiger partial charge >= 0.3 is 21.7 Å². The molecule has 0 amide bonds. The molecule has 0 aliphatic carbocycles. The van der Waals surface area contributed by atoms with Crippen molar-refractivity contribution in [3.05, 3.63) is 6.92 Å². The van der Waals surface area contributed by atoms with Gasteiger partial charge in [0.05, 0.1) is 0 Å². The summed E-state index contributed by atoms with van der Waals surface area (Å²) in [6.45, 7) is 5.50. The summed E-state index contributed by atoms with van der Waals surface area (Å²) in [5.41, 5.74) is 0. The Labute approximate surface area is 42.5 Å². The predicted molar refractivity (Wildman–Crippen MR) is 15.6 cm³/mol. The van der Waals surface area contributed by atoms with Crippen LogP contribution in [0.4, 0.5) is 0 Å². The van der Waals surface area contributed by atoms with Crippen molar-refractivity contribution in [3.63, 3.8) is 0 Å². The van der Waals surface area contributed by atoms with E-state index >= 15 is 0 Å². The molecule has 0 radical (unpaired) electrons. The van der Waals surface area contributed by atoms with Gasteiger partial charge in [0.25, 0.3) is 0 Å². The molecular weight excluding hydrogens is 83.9 g/mol. The molecule has 0 aromatic heterocycles. The zero-order chi connectivity index (χ0) is 2.71. The standard InChI is InChI=1S/C3H7.Ti/c1-3-2;/h1,3H2,2H3;/q-1;+2. The Morgan fingerprint density at radius 2 is 1.75 bits per heavy atom. The van der Waals surface area contributed by atoms with Crippen LogP contribution in [0.3, 0.4) is 0 Å². The van der Waals surface area contributed by atoms with Gasteiger partial charge in [-0.1, -0.05) is 6.92 Å². The maximum atomic E-state index is 3.49. The number of hydrogen-bond acceptors (Lipinski definition) is 0. The average molecular weight is 91.0 g/mol. The molecule has 0 aromatic rings. The monoisotopic (exact) mass is 91.0 g/mol. The van der Waals surface area contributed by atoms with Gasteiger partial charge in [-0.15, -0.1) is 0 Å². The van der Waals surface area contributed by atoms with E-state index in [2.05, 4.69) is 6.92 Å². The first-order chi connectivity index (χ1) is 1.41. The maximum Gasteiger partial charge on any atom is 2.00 e. The van der Waals surface area contributed by atoms with Gasteiger partial charge in [0, 0.05) is 0 Å².